The highest BCUT2D eigenvalue weighted by Crippen LogP contribution is 2.15. The average molecular weight is 444 g/mol. The maximum Gasteiger partial charge on any atom is 0.224 e. The molecule has 2 aromatic rings. The van der Waals surface area contributed by atoms with Gasteiger partial charge in [-0.15, -0.1) is 0 Å². The number of Topliss-reactive ketones (excluding diaryl/α,β-unsaturated/α-hetero) is 1. The quantitative estimate of drug-likeness (QED) is 0.649. The van der Waals surface area contributed by atoms with Crippen LogP contribution in [-0.2, 0) is 9.59 Å². The summed E-state index contributed by atoms with van der Waals surface area (Å²) in [5.41, 5.74) is 0.722. The van der Waals surface area contributed by atoms with Gasteiger partial charge in [-0.3, -0.25) is 9.59 Å². The lowest BCUT2D eigenvalue weighted by Crippen LogP contribution is -2.16. The second kappa shape index (κ2) is 8.88. The number of anilines is 1. The Hall–Kier alpha value is -1.60. The zero-order valence-electron chi connectivity index (χ0n) is 12.2. The first-order valence-electron chi connectivity index (χ1n) is 6.98. The van der Waals surface area contributed by atoms with Gasteiger partial charge < -0.3 is 10.1 Å². The van der Waals surface area contributed by atoms with Crippen LogP contribution in [0, 0.1) is 3.57 Å². The average Bonchev–Trinajstić information content (AvgIpc) is 2.54. The van der Waals surface area contributed by atoms with Crippen molar-refractivity contribution in [2.45, 2.75) is 12.8 Å². The first-order chi connectivity index (χ1) is 11.0. The molecule has 0 spiro atoms. The van der Waals surface area contributed by atoms with Gasteiger partial charge in [-0.25, -0.2) is 0 Å². The van der Waals surface area contributed by atoms with Crippen molar-refractivity contribution in [2.24, 2.45) is 0 Å². The van der Waals surface area contributed by atoms with Crippen LogP contribution in [0.4, 0.5) is 5.69 Å². The number of carbonyl (C=O) groups is 2. The Morgan fingerprint density at radius 1 is 1.00 bits per heavy atom. The molecule has 0 aliphatic heterocycles. The first-order valence-corrected chi connectivity index (χ1v) is 8.44. The van der Waals surface area contributed by atoms with Crippen LogP contribution in [0.5, 0.6) is 5.75 Å². The zero-order chi connectivity index (χ0) is 16.7. The number of hydrogen-bond donors (Lipinski definition) is 1. The molecule has 0 aromatic heterocycles. The molecule has 0 bridgehead atoms. The van der Waals surface area contributed by atoms with E-state index in [9.17, 15) is 9.59 Å². The van der Waals surface area contributed by atoms with Gasteiger partial charge in [0.15, 0.2) is 5.78 Å². The number of halogens is 2. The highest BCUT2D eigenvalue weighted by molar-refractivity contribution is 14.1. The summed E-state index contributed by atoms with van der Waals surface area (Å²) in [6.07, 6.45) is 0.276. The fourth-order valence-corrected chi connectivity index (χ4v) is 2.26. The summed E-state index contributed by atoms with van der Waals surface area (Å²) in [5.74, 6) is 0.259. The normalized spacial score (nSPS) is 10.2. The Morgan fingerprint density at radius 3 is 2.30 bits per heavy atom. The maximum absolute atomic E-state index is 11.8. The van der Waals surface area contributed by atoms with E-state index in [1.165, 1.54) is 0 Å². The molecule has 0 saturated heterocycles. The molecule has 2 rings (SSSR count). The lowest BCUT2D eigenvalue weighted by atomic mass is 10.2. The van der Waals surface area contributed by atoms with Gasteiger partial charge in [0.25, 0.3) is 0 Å². The van der Waals surface area contributed by atoms with Crippen LogP contribution in [0.2, 0.25) is 5.02 Å². The Kier molecular flexibility index (Phi) is 6.85. The Morgan fingerprint density at radius 2 is 1.65 bits per heavy atom. The van der Waals surface area contributed by atoms with Gasteiger partial charge in [-0.1, -0.05) is 11.6 Å². The molecule has 23 heavy (non-hydrogen) atoms. The van der Waals surface area contributed by atoms with E-state index in [1.54, 1.807) is 24.3 Å². The molecule has 0 unspecified atom stereocenters. The summed E-state index contributed by atoms with van der Waals surface area (Å²) in [7, 11) is 0. The minimum Gasteiger partial charge on any atom is -0.486 e. The molecule has 1 N–H and O–H groups in total. The molecule has 0 atom stereocenters. The van der Waals surface area contributed by atoms with E-state index in [4.69, 9.17) is 16.3 Å². The summed E-state index contributed by atoms with van der Waals surface area (Å²) in [4.78, 5) is 23.5. The largest absolute Gasteiger partial charge is 0.486 e. The molecule has 0 radical (unpaired) electrons. The molecule has 4 nitrogen and oxygen atoms in total. The van der Waals surface area contributed by atoms with Crippen LogP contribution in [0.25, 0.3) is 0 Å². The molecular formula is C17H15ClINO3. The summed E-state index contributed by atoms with van der Waals surface area (Å²) < 4.78 is 6.44. The van der Waals surface area contributed by atoms with Crippen molar-refractivity contribution in [3.8, 4) is 5.75 Å². The predicted octanol–water partition coefficient (Wildman–Crippen LogP) is 4.31. The van der Waals surface area contributed by atoms with Gasteiger partial charge in [-0.05, 0) is 71.1 Å². The van der Waals surface area contributed by atoms with E-state index in [2.05, 4.69) is 27.9 Å². The maximum atomic E-state index is 11.8. The van der Waals surface area contributed by atoms with E-state index in [0.29, 0.717) is 10.8 Å². The number of hydrogen-bond acceptors (Lipinski definition) is 3. The van der Waals surface area contributed by atoms with Gasteiger partial charge in [0.05, 0.1) is 0 Å². The number of ether oxygens (including phenoxy) is 1. The van der Waals surface area contributed by atoms with Gasteiger partial charge in [0.2, 0.25) is 5.91 Å². The third-order valence-electron chi connectivity index (χ3n) is 2.97. The lowest BCUT2D eigenvalue weighted by molar-refractivity contribution is -0.124. The number of nitrogens with one attached hydrogen (secondary N) is 1. The zero-order valence-corrected chi connectivity index (χ0v) is 15.1. The molecule has 2 aromatic carbocycles. The highest BCUT2D eigenvalue weighted by Gasteiger charge is 2.08. The Bertz CT molecular complexity index is 671. The fraction of sp³-hybridized carbons (Fsp3) is 0.176. The van der Waals surface area contributed by atoms with Crippen LogP contribution in [-0.4, -0.2) is 18.3 Å². The van der Waals surface area contributed by atoms with Gasteiger partial charge in [0, 0.05) is 27.1 Å². The Balaban J connectivity index is 1.70. The smallest absolute Gasteiger partial charge is 0.224 e. The summed E-state index contributed by atoms with van der Waals surface area (Å²) >= 11 is 7.96. The minimum absolute atomic E-state index is 0.0571. The van der Waals surface area contributed by atoms with E-state index >= 15 is 0 Å². The van der Waals surface area contributed by atoms with Crippen LogP contribution in [0.1, 0.15) is 12.8 Å². The molecular weight excluding hydrogens is 429 g/mol. The standard InChI is InChI=1S/C17H15ClINO3/c18-12-1-8-16(9-2-12)23-11-15(21)7-10-17(22)20-14-5-3-13(19)4-6-14/h1-6,8-9H,7,10-11H2,(H,20,22). The third-order valence-corrected chi connectivity index (χ3v) is 3.94. The van der Waals surface area contributed by atoms with Crippen molar-refractivity contribution in [3.05, 3.63) is 57.1 Å². The Labute approximate surface area is 153 Å². The van der Waals surface area contributed by atoms with Crippen molar-refractivity contribution in [2.75, 3.05) is 11.9 Å². The number of rotatable bonds is 7. The SMILES string of the molecule is O=C(CCC(=O)Nc1ccc(I)cc1)COc1ccc(Cl)cc1. The molecule has 120 valence electrons. The summed E-state index contributed by atoms with van der Waals surface area (Å²) in [6, 6.07) is 14.2. The second-order valence-corrected chi connectivity index (χ2v) is 6.52. The van der Waals surface area contributed by atoms with Gasteiger partial charge in [0.1, 0.15) is 12.4 Å². The van der Waals surface area contributed by atoms with Crippen molar-refractivity contribution in [1.82, 2.24) is 0 Å². The van der Waals surface area contributed by atoms with Crippen molar-refractivity contribution in [1.29, 1.82) is 0 Å². The van der Waals surface area contributed by atoms with Crippen LogP contribution in [0.15, 0.2) is 48.5 Å². The molecule has 1 amide bonds. The van der Waals surface area contributed by atoms with Crippen molar-refractivity contribution in [3.63, 3.8) is 0 Å². The minimum atomic E-state index is -0.189. The predicted molar refractivity (Wildman–Crippen MR) is 99.0 cm³/mol. The van der Waals surface area contributed by atoms with Crippen molar-refractivity contribution < 1.29 is 14.3 Å². The highest BCUT2D eigenvalue weighted by atomic mass is 127. The number of carbonyl (C=O) groups excluding carboxylic acids is 2. The number of ketones is 1. The van der Waals surface area contributed by atoms with Crippen LogP contribution >= 0.6 is 34.2 Å². The van der Waals surface area contributed by atoms with Gasteiger partial charge >= 0.3 is 0 Å². The van der Waals surface area contributed by atoms with Gasteiger partial charge in [-0.2, -0.15) is 0 Å². The van der Waals surface area contributed by atoms with E-state index in [1.807, 2.05) is 24.3 Å². The van der Waals surface area contributed by atoms with Crippen molar-refractivity contribution >= 4 is 51.6 Å². The van der Waals surface area contributed by atoms with E-state index < -0.39 is 0 Å². The van der Waals surface area contributed by atoms with Crippen LogP contribution < -0.4 is 10.1 Å². The second-order valence-electron chi connectivity index (χ2n) is 4.84. The molecule has 6 heteroatoms. The molecule has 0 aliphatic rings. The third kappa shape index (κ3) is 6.58. The fourth-order valence-electron chi connectivity index (χ4n) is 1.78. The molecule has 0 heterocycles. The van der Waals surface area contributed by atoms with Crippen LogP contribution in [0.3, 0.4) is 0 Å². The number of amides is 1. The van der Waals surface area contributed by atoms with E-state index in [-0.39, 0.29) is 31.1 Å². The molecule has 0 saturated carbocycles. The summed E-state index contributed by atoms with van der Waals surface area (Å²) in [5, 5.41) is 3.36. The monoisotopic (exact) mass is 443 g/mol. The topological polar surface area (TPSA) is 55.4 Å². The van der Waals surface area contributed by atoms with E-state index in [0.717, 1.165) is 9.26 Å². The molecule has 0 fully saturated rings. The molecule has 0 aliphatic carbocycles. The lowest BCUT2D eigenvalue weighted by Gasteiger charge is -2.07. The number of benzene rings is 2. The first kappa shape index (κ1) is 17.7. The summed E-state index contributed by atoms with van der Waals surface area (Å²) in [6.45, 7) is -0.0571.